The van der Waals surface area contributed by atoms with E-state index in [9.17, 15) is 9.59 Å². The van der Waals surface area contributed by atoms with Gasteiger partial charge in [0, 0.05) is 16.9 Å². The van der Waals surface area contributed by atoms with Gasteiger partial charge in [-0.3, -0.25) is 9.59 Å². The molecule has 5 heteroatoms. The molecule has 0 radical (unpaired) electrons. The summed E-state index contributed by atoms with van der Waals surface area (Å²) in [5.41, 5.74) is 6.56. The normalized spacial score (nSPS) is 10.9. The Morgan fingerprint density at radius 1 is 0.824 bits per heavy atom. The van der Waals surface area contributed by atoms with Crippen molar-refractivity contribution in [2.24, 2.45) is 0 Å². The number of ether oxygens (including phenoxy) is 1. The highest BCUT2D eigenvalue weighted by atomic mass is 16.5. The highest BCUT2D eigenvalue weighted by Gasteiger charge is 2.16. The second-order valence-corrected chi connectivity index (χ2v) is 9.25. The molecule has 5 nitrogen and oxygen atoms in total. The number of carbonyl (C=O) groups is 2. The van der Waals surface area contributed by atoms with Gasteiger partial charge in [0.2, 0.25) is 0 Å². The van der Waals surface area contributed by atoms with Gasteiger partial charge in [0.1, 0.15) is 5.75 Å². The molecule has 0 atom stereocenters. The van der Waals surface area contributed by atoms with Gasteiger partial charge in [-0.05, 0) is 72.7 Å². The van der Waals surface area contributed by atoms with Crippen molar-refractivity contribution in [1.82, 2.24) is 0 Å². The van der Waals surface area contributed by atoms with Crippen molar-refractivity contribution in [2.75, 3.05) is 17.2 Å². The number of hydrogen-bond acceptors (Lipinski definition) is 3. The Morgan fingerprint density at radius 3 is 2.00 bits per heavy atom. The maximum Gasteiger partial charge on any atom is 0.262 e. The van der Waals surface area contributed by atoms with Crippen molar-refractivity contribution >= 4 is 23.2 Å². The first-order chi connectivity index (χ1) is 16.2. The zero-order valence-electron chi connectivity index (χ0n) is 20.9. The summed E-state index contributed by atoms with van der Waals surface area (Å²) >= 11 is 0. The number of rotatable bonds is 8. The topological polar surface area (TPSA) is 67.4 Å². The Balaban J connectivity index is 1.61. The zero-order chi connectivity index (χ0) is 24.8. The molecule has 2 amide bonds. The van der Waals surface area contributed by atoms with E-state index in [-0.39, 0.29) is 30.3 Å². The minimum Gasteiger partial charge on any atom is -0.484 e. The van der Waals surface area contributed by atoms with Gasteiger partial charge in [-0.2, -0.15) is 0 Å². The Bertz CT molecular complexity index is 1140. The predicted octanol–water partition coefficient (Wildman–Crippen LogP) is 6.82. The summed E-state index contributed by atoms with van der Waals surface area (Å²) in [6.45, 7) is 12.3. The standard InChI is InChI=1S/C29H34N2O3/c1-18(2)24-8-7-9-25(19(3)4)28(24)31-27(32)17-34-23-13-11-22(12-14-23)29(33)30-26-15-10-20(5)16-21(26)6/h7-16,18-19H,17H2,1-6H3,(H,30,33)(H,31,32). The fourth-order valence-corrected chi connectivity index (χ4v) is 3.87. The molecule has 3 rings (SSSR count). The van der Waals surface area contributed by atoms with Gasteiger partial charge in [0.25, 0.3) is 11.8 Å². The third kappa shape index (κ3) is 6.25. The SMILES string of the molecule is Cc1ccc(NC(=O)c2ccc(OCC(=O)Nc3c(C(C)C)cccc3C(C)C)cc2)c(C)c1. The number of benzene rings is 3. The lowest BCUT2D eigenvalue weighted by atomic mass is 9.92. The maximum absolute atomic E-state index is 12.7. The van der Waals surface area contributed by atoms with Crippen LogP contribution in [0.1, 0.15) is 72.1 Å². The van der Waals surface area contributed by atoms with E-state index in [1.54, 1.807) is 24.3 Å². The summed E-state index contributed by atoms with van der Waals surface area (Å²) in [7, 11) is 0. The number of anilines is 2. The van der Waals surface area contributed by atoms with Crippen LogP contribution in [0, 0.1) is 13.8 Å². The molecule has 0 aromatic heterocycles. The number of carbonyl (C=O) groups excluding carboxylic acids is 2. The Labute approximate surface area is 202 Å². The quantitative estimate of drug-likeness (QED) is 0.389. The van der Waals surface area contributed by atoms with Gasteiger partial charge in [-0.15, -0.1) is 0 Å². The van der Waals surface area contributed by atoms with Gasteiger partial charge in [0.05, 0.1) is 0 Å². The minimum absolute atomic E-state index is 0.113. The van der Waals surface area contributed by atoms with Crippen LogP contribution in [0.15, 0.2) is 60.7 Å². The molecule has 0 heterocycles. The monoisotopic (exact) mass is 458 g/mol. The van der Waals surface area contributed by atoms with Crippen molar-refractivity contribution in [1.29, 1.82) is 0 Å². The predicted molar refractivity (Wildman–Crippen MR) is 139 cm³/mol. The summed E-state index contributed by atoms with van der Waals surface area (Å²) in [6.07, 6.45) is 0. The largest absolute Gasteiger partial charge is 0.484 e. The summed E-state index contributed by atoms with van der Waals surface area (Å²) < 4.78 is 5.68. The average molecular weight is 459 g/mol. The fourth-order valence-electron chi connectivity index (χ4n) is 3.87. The Hall–Kier alpha value is -3.60. The maximum atomic E-state index is 12.7. The van der Waals surface area contributed by atoms with E-state index in [0.717, 1.165) is 33.6 Å². The number of amides is 2. The van der Waals surface area contributed by atoms with Crippen LogP contribution < -0.4 is 15.4 Å². The summed E-state index contributed by atoms with van der Waals surface area (Å²) in [6, 6.07) is 18.8. The van der Waals surface area contributed by atoms with E-state index in [2.05, 4.69) is 50.5 Å². The molecule has 0 unspecified atom stereocenters. The molecule has 3 aromatic carbocycles. The van der Waals surface area contributed by atoms with Gasteiger partial charge in [-0.1, -0.05) is 63.6 Å². The Kier molecular flexibility index (Phi) is 8.11. The van der Waals surface area contributed by atoms with Crippen molar-refractivity contribution in [3.63, 3.8) is 0 Å². The zero-order valence-corrected chi connectivity index (χ0v) is 20.9. The van der Waals surface area contributed by atoms with Crippen molar-refractivity contribution in [3.05, 3.63) is 88.5 Å². The van der Waals surface area contributed by atoms with E-state index in [0.29, 0.717) is 11.3 Å². The van der Waals surface area contributed by atoms with E-state index in [4.69, 9.17) is 4.74 Å². The number of para-hydroxylation sites is 1. The van der Waals surface area contributed by atoms with Crippen LogP contribution in [0.2, 0.25) is 0 Å². The number of hydrogen-bond donors (Lipinski definition) is 2. The minimum atomic E-state index is -0.216. The molecular weight excluding hydrogens is 424 g/mol. The van der Waals surface area contributed by atoms with Crippen LogP contribution in [-0.2, 0) is 4.79 Å². The lowest BCUT2D eigenvalue weighted by Crippen LogP contribution is -2.22. The molecule has 0 bridgehead atoms. The molecule has 0 aliphatic rings. The lowest BCUT2D eigenvalue weighted by Gasteiger charge is -2.20. The highest BCUT2D eigenvalue weighted by molar-refractivity contribution is 6.04. The molecule has 0 aliphatic heterocycles. The van der Waals surface area contributed by atoms with Crippen molar-refractivity contribution < 1.29 is 14.3 Å². The van der Waals surface area contributed by atoms with Gasteiger partial charge in [-0.25, -0.2) is 0 Å². The highest BCUT2D eigenvalue weighted by Crippen LogP contribution is 2.32. The van der Waals surface area contributed by atoms with Crippen LogP contribution in [0.3, 0.4) is 0 Å². The molecule has 0 saturated heterocycles. The smallest absolute Gasteiger partial charge is 0.262 e. The summed E-state index contributed by atoms with van der Waals surface area (Å²) in [4.78, 5) is 25.3. The van der Waals surface area contributed by atoms with Gasteiger partial charge < -0.3 is 15.4 Å². The van der Waals surface area contributed by atoms with Crippen molar-refractivity contribution in [2.45, 2.75) is 53.4 Å². The second kappa shape index (κ2) is 11.0. The molecule has 34 heavy (non-hydrogen) atoms. The number of nitrogens with one attached hydrogen (secondary N) is 2. The average Bonchev–Trinajstić information content (AvgIpc) is 2.79. The first-order valence-electron chi connectivity index (χ1n) is 11.7. The molecule has 0 fully saturated rings. The van der Waals surface area contributed by atoms with E-state index in [1.807, 2.05) is 38.1 Å². The first kappa shape index (κ1) is 25.0. The van der Waals surface area contributed by atoms with Gasteiger partial charge in [0.15, 0.2) is 6.61 Å². The lowest BCUT2D eigenvalue weighted by molar-refractivity contribution is -0.118. The molecule has 0 spiro atoms. The Morgan fingerprint density at radius 2 is 1.44 bits per heavy atom. The molecular formula is C29H34N2O3. The third-order valence-electron chi connectivity index (χ3n) is 5.75. The van der Waals surface area contributed by atoms with Crippen LogP contribution in [0.5, 0.6) is 5.75 Å². The molecule has 0 aliphatic carbocycles. The molecule has 2 N–H and O–H groups in total. The summed E-state index contributed by atoms with van der Waals surface area (Å²) in [5, 5.41) is 5.99. The summed E-state index contributed by atoms with van der Waals surface area (Å²) in [5.74, 6) is 0.698. The second-order valence-electron chi connectivity index (χ2n) is 9.25. The molecule has 0 saturated carbocycles. The van der Waals surface area contributed by atoms with E-state index < -0.39 is 0 Å². The van der Waals surface area contributed by atoms with Crippen molar-refractivity contribution in [3.8, 4) is 5.75 Å². The molecule has 178 valence electrons. The third-order valence-corrected chi connectivity index (χ3v) is 5.75. The van der Waals surface area contributed by atoms with E-state index >= 15 is 0 Å². The molecule has 3 aromatic rings. The van der Waals surface area contributed by atoms with Gasteiger partial charge >= 0.3 is 0 Å². The van der Waals surface area contributed by atoms with Crippen LogP contribution in [0.4, 0.5) is 11.4 Å². The first-order valence-corrected chi connectivity index (χ1v) is 11.7. The van der Waals surface area contributed by atoms with Crippen LogP contribution in [-0.4, -0.2) is 18.4 Å². The van der Waals surface area contributed by atoms with Crippen LogP contribution in [0.25, 0.3) is 0 Å². The number of aryl methyl sites for hydroxylation is 2. The van der Waals surface area contributed by atoms with Crippen LogP contribution >= 0.6 is 0 Å². The van der Waals surface area contributed by atoms with E-state index in [1.165, 1.54) is 0 Å². The fraction of sp³-hybridized carbons (Fsp3) is 0.310.